The summed E-state index contributed by atoms with van der Waals surface area (Å²) >= 11 is 0. The number of carbonyl (C=O) groups is 3. The maximum absolute atomic E-state index is 12.4. The Morgan fingerprint density at radius 3 is 2.82 bits per heavy atom. The molecule has 0 radical (unpaired) electrons. The molecule has 1 heterocycles. The normalized spacial score (nSPS) is 17.4. The molecule has 0 bridgehead atoms. The van der Waals surface area contributed by atoms with Gasteiger partial charge >= 0.3 is 0 Å². The summed E-state index contributed by atoms with van der Waals surface area (Å²) in [6, 6.07) is 4.49. The number of benzene rings is 1. The van der Waals surface area contributed by atoms with Crippen LogP contribution in [0.2, 0.25) is 0 Å². The van der Waals surface area contributed by atoms with Gasteiger partial charge in [-0.25, -0.2) is 0 Å². The molecule has 4 N–H and O–H groups in total. The number of imide groups is 1. The highest BCUT2D eigenvalue weighted by Crippen LogP contribution is 2.26. The van der Waals surface area contributed by atoms with Gasteiger partial charge in [-0.2, -0.15) is 0 Å². The van der Waals surface area contributed by atoms with Crippen LogP contribution in [0, 0.1) is 0 Å². The number of hydrogen-bond donors (Lipinski definition) is 4. The highest BCUT2D eigenvalue weighted by atomic mass is 16.2. The van der Waals surface area contributed by atoms with Gasteiger partial charge in [0.25, 0.3) is 5.91 Å². The summed E-state index contributed by atoms with van der Waals surface area (Å²) < 4.78 is 0. The zero-order valence-corrected chi connectivity index (χ0v) is 12.2. The van der Waals surface area contributed by atoms with E-state index < -0.39 is 17.9 Å². The lowest BCUT2D eigenvalue weighted by Gasteiger charge is -2.22. The molecule has 0 aliphatic carbocycles. The molecule has 1 aliphatic heterocycles. The van der Waals surface area contributed by atoms with E-state index in [4.69, 9.17) is 0 Å². The first kappa shape index (κ1) is 15.6. The average molecular weight is 302 g/mol. The second-order valence-corrected chi connectivity index (χ2v) is 4.80. The highest BCUT2D eigenvalue weighted by Gasteiger charge is 2.28. The Morgan fingerprint density at radius 2 is 2.18 bits per heavy atom. The van der Waals surface area contributed by atoms with E-state index in [2.05, 4.69) is 27.8 Å². The van der Waals surface area contributed by atoms with Gasteiger partial charge in [0, 0.05) is 13.5 Å². The quantitative estimate of drug-likeness (QED) is 0.604. The van der Waals surface area contributed by atoms with Crippen LogP contribution >= 0.6 is 0 Å². The summed E-state index contributed by atoms with van der Waals surface area (Å²) in [5, 5.41) is 10.8. The third-order valence-electron chi connectivity index (χ3n) is 3.37. The highest BCUT2D eigenvalue weighted by molar-refractivity contribution is 6.06. The fourth-order valence-corrected chi connectivity index (χ4v) is 2.27. The van der Waals surface area contributed by atoms with Gasteiger partial charge in [0.05, 0.1) is 16.9 Å². The number of anilines is 2. The predicted octanol–water partition coefficient (Wildman–Crippen LogP) is 0.819. The molecule has 1 fully saturated rings. The second kappa shape index (κ2) is 6.75. The minimum absolute atomic E-state index is 0.213. The average Bonchev–Trinajstić information content (AvgIpc) is 2.50. The molecule has 1 aromatic rings. The van der Waals surface area contributed by atoms with Gasteiger partial charge in [-0.1, -0.05) is 12.6 Å². The molecule has 7 nitrogen and oxygen atoms in total. The van der Waals surface area contributed by atoms with Crippen molar-refractivity contribution in [2.75, 3.05) is 17.7 Å². The summed E-state index contributed by atoms with van der Waals surface area (Å²) in [7, 11) is 1.74. The maximum atomic E-state index is 12.4. The topological polar surface area (TPSA) is 99.3 Å². The maximum Gasteiger partial charge on any atom is 0.254 e. The lowest BCUT2D eigenvalue weighted by molar-refractivity contribution is -0.134. The van der Waals surface area contributed by atoms with Crippen molar-refractivity contribution < 1.29 is 14.4 Å². The molecule has 116 valence electrons. The van der Waals surface area contributed by atoms with Crippen LogP contribution in [0.5, 0.6) is 0 Å². The smallest absolute Gasteiger partial charge is 0.254 e. The standard InChI is InChI=1S/C15H18N4O3/c1-3-17-13-9(5-4-6-10(13)16-2)14(21)18-11-7-8-12(20)19-15(11)22/h3-6,11,16-17H,1,7-8H2,2H3,(H,18,21)(H,19,20,22). The molecule has 1 atom stereocenters. The van der Waals surface area contributed by atoms with Crippen LogP contribution < -0.4 is 21.3 Å². The van der Waals surface area contributed by atoms with Crippen LogP contribution in [0.15, 0.2) is 31.0 Å². The first-order valence-corrected chi connectivity index (χ1v) is 6.89. The van der Waals surface area contributed by atoms with Crippen LogP contribution in [0.25, 0.3) is 0 Å². The lowest BCUT2D eigenvalue weighted by Crippen LogP contribution is -2.52. The Labute approximate surface area is 128 Å². The van der Waals surface area contributed by atoms with Crippen molar-refractivity contribution in [3.63, 3.8) is 0 Å². The SMILES string of the molecule is C=CNc1c(NC)cccc1C(=O)NC1CCC(=O)NC1=O. The first-order valence-electron chi connectivity index (χ1n) is 6.89. The summed E-state index contributed by atoms with van der Waals surface area (Å²) in [5.74, 6) is -1.19. The molecule has 7 heteroatoms. The fraction of sp³-hybridized carbons (Fsp3) is 0.267. The van der Waals surface area contributed by atoms with Crippen molar-refractivity contribution >= 4 is 29.1 Å². The van der Waals surface area contributed by atoms with Crippen molar-refractivity contribution in [2.24, 2.45) is 0 Å². The summed E-state index contributed by atoms with van der Waals surface area (Å²) in [6.07, 6.45) is 1.98. The van der Waals surface area contributed by atoms with E-state index in [-0.39, 0.29) is 12.3 Å². The largest absolute Gasteiger partial charge is 0.386 e. The molecule has 3 amide bonds. The van der Waals surface area contributed by atoms with Crippen molar-refractivity contribution in [1.29, 1.82) is 0 Å². The Balaban J connectivity index is 2.20. The van der Waals surface area contributed by atoms with Gasteiger partial charge in [-0.05, 0) is 24.8 Å². The van der Waals surface area contributed by atoms with Gasteiger partial charge in [-0.15, -0.1) is 0 Å². The molecule has 0 saturated carbocycles. The van der Waals surface area contributed by atoms with E-state index in [1.807, 2.05) is 6.07 Å². The van der Waals surface area contributed by atoms with Crippen molar-refractivity contribution in [2.45, 2.75) is 18.9 Å². The Kier molecular flexibility index (Phi) is 4.77. The first-order chi connectivity index (χ1) is 10.6. The van der Waals surface area contributed by atoms with Crippen molar-refractivity contribution in [3.05, 3.63) is 36.5 Å². The molecular formula is C15H18N4O3. The van der Waals surface area contributed by atoms with E-state index in [0.717, 1.165) is 5.69 Å². The fourth-order valence-electron chi connectivity index (χ4n) is 2.27. The molecule has 1 unspecified atom stereocenters. The van der Waals surface area contributed by atoms with Crippen LogP contribution in [0.3, 0.4) is 0 Å². The Bertz CT molecular complexity index is 627. The van der Waals surface area contributed by atoms with Gasteiger partial charge in [-0.3, -0.25) is 19.7 Å². The van der Waals surface area contributed by atoms with Crippen LogP contribution in [-0.2, 0) is 9.59 Å². The zero-order valence-electron chi connectivity index (χ0n) is 12.2. The lowest BCUT2D eigenvalue weighted by atomic mass is 10.0. The third-order valence-corrected chi connectivity index (χ3v) is 3.37. The summed E-state index contributed by atoms with van der Waals surface area (Å²) in [4.78, 5) is 35.3. The number of carbonyl (C=O) groups excluding carboxylic acids is 3. The van der Waals surface area contributed by atoms with E-state index in [1.54, 1.807) is 19.2 Å². The molecular weight excluding hydrogens is 284 g/mol. The minimum atomic E-state index is -0.708. The van der Waals surface area contributed by atoms with Crippen LogP contribution in [-0.4, -0.2) is 30.8 Å². The van der Waals surface area contributed by atoms with Gasteiger partial charge < -0.3 is 16.0 Å². The van der Waals surface area contributed by atoms with Gasteiger partial charge in [0.2, 0.25) is 11.8 Å². The molecule has 1 saturated heterocycles. The number of rotatable bonds is 5. The van der Waals surface area contributed by atoms with Gasteiger partial charge in [0.15, 0.2) is 0 Å². The second-order valence-electron chi connectivity index (χ2n) is 4.80. The van der Waals surface area contributed by atoms with E-state index in [9.17, 15) is 14.4 Å². The molecule has 22 heavy (non-hydrogen) atoms. The number of hydrogen-bond acceptors (Lipinski definition) is 5. The Hall–Kier alpha value is -2.83. The Morgan fingerprint density at radius 1 is 1.41 bits per heavy atom. The van der Waals surface area contributed by atoms with Crippen LogP contribution in [0.1, 0.15) is 23.2 Å². The summed E-state index contributed by atoms with van der Waals surface area (Å²) in [6.45, 7) is 3.60. The van der Waals surface area contributed by atoms with Gasteiger partial charge in [0.1, 0.15) is 6.04 Å². The molecule has 2 rings (SSSR count). The number of piperidine rings is 1. The van der Waals surface area contributed by atoms with E-state index >= 15 is 0 Å². The van der Waals surface area contributed by atoms with Crippen molar-refractivity contribution in [1.82, 2.24) is 10.6 Å². The van der Waals surface area contributed by atoms with E-state index in [0.29, 0.717) is 17.7 Å². The number of amides is 3. The zero-order chi connectivity index (χ0) is 16.1. The molecule has 0 spiro atoms. The van der Waals surface area contributed by atoms with Crippen LogP contribution in [0.4, 0.5) is 11.4 Å². The minimum Gasteiger partial charge on any atom is -0.386 e. The molecule has 1 aliphatic rings. The number of para-hydroxylation sites is 1. The van der Waals surface area contributed by atoms with Crippen molar-refractivity contribution in [3.8, 4) is 0 Å². The third kappa shape index (κ3) is 3.25. The molecule has 0 aromatic heterocycles. The monoisotopic (exact) mass is 302 g/mol. The number of nitrogens with one attached hydrogen (secondary N) is 4. The predicted molar refractivity (Wildman–Crippen MR) is 83.4 cm³/mol. The molecule has 1 aromatic carbocycles. The van der Waals surface area contributed by atoms with E-state index in [1.165, 1.54) is 6.20 Å². The summed E-state index contributed by atoms with van der Waals surface area (Å²) in [5.41, 5.74) is 1.69.